The second-order valence-electron chi connectivity index (χ2n) is 12.4. The van der Waals surface area contributed by atoms with E-state index in [2.05, 4.69) is 10.9 Å². The van der Waals surface area contributed by atoms with Gasteiger partial charge in [-0.15, -0.1) is 0 Å². The van der Waals surface area contributed by atoms with E-state index in [0.29, 0.717) is 10.0 Å². The first-order valence-electron chi connectivity index (χ1n) is 12.0. The maximum atomic E-state index is 12.8. The van der Waals surface area contributed by atoms with Gasteiger partial charge >= 0.3 is 30.3 Å². The molecule has 14 heteroatoms. The third-order valence-corrected chi connectivity index (χ3v) is 3.63. The van der Waals surface area contributed by atoms with Gasteiger partial charge in [0.15, 0.2) is 0 Å². The van der Waals surface area contributed by atoms with E-state index in [9.17, 15) is 29.1 Å². The molecule has 0 heterocycles. The summed E-state index contributed by atoms with van der Waals surface area (Å²) in [5.41, 5.74) is 0.568. The Bertz CT molecular complexity index is 799. The predicted molar refractivity (Wildman–Crippen MR) is 136 cm³/mol. The molecule has 3 N–H and O–H groups in total. The molecule has 14 nitrogen and oxygen atoms in total. The molecular formula is C24H44N4O10. The standard InChI is InChI=1S/C24H44N4O10/c1-21(2,3)35-17(31)25-27(19(33)37-23(7,8)9)13-15(16(29)30)14-28(20(34)38-24(10,11)12)26-18(32)36-22(4,5)6/h15H,13-14H2,1-12H3,(H,25,31)(H,26,32)(H,29,30). The van der Waals surface area contributed by atoms with Crippen molar-refractivity contribution >= 4 is 30.3 Å². The number of carbonyl (C=O) groups excluding carboxylic acids is 4. The third-order valence-electron chi connectivity index (χ3n) is 3.63. The van der Waals surface area contributed by atoms with E-state index in [-0.39, 0.29) is 0 Å². The maximum absolute atomic E-state index is 12.8. The van der Waals surface area contributed by atoms with E-state index >= 15 is 0 Å². The van der Waals surface area contributed by atoms with E-state index in [4.69, 9.17) is 18.9 Å². The number of ether oxygens (including phenoxy) is 4. The molecule has 0 saturated carbocycles. The van der Waals surface area contributed by atoms with Crippen molar-refractivity contribution in [3.63, 3.8) is 0 Å². The highest BCUT2D eigenvalue weighted by Gasteiger charge is 2.35. The summed E-state index contributed by atoms with van der Waals surface area (Å²) in [6.45, 7) is 17.8. The number of carboxylic acids is 1. The van der Waals surface area contributed by atoms with Gasteiger partial charge in [-0.2, -0.15) is 0 Å². The Hall–Kier alpha value is -3.45. The fourth-order valence-corrected chi connectivity index (χ4v) is 2.44. The van der Waals surface area contributed by atoms with Crippen LogP contribution in [0.5, 0.6) is 0 Å². The molecule has 220 valence electrons. The van der Waals surface area contributed by atoms with Gasteiger partial charge in [0.2, 0.25) is 0 Å². The predicted octanol–water partition coefficient (Wildman–Crippen LogP) is 4.04. The smallest absolute Gasteiger partial charge is 0.429 e. The minimum atomic E-state index is -1.54. The van der Waals surface area contributed by atoms with Crippen LogP contribution in [0.15, 0.2) is 0 Å². The molecule has 0 aliphatic carbocycles. The van der Waals surface area contributed by atoms with Gasteiger partial charge in [-0.25, -0.2) is 40.0 Å². The van der Waals surface area contributed by atoms with Crippen molar-refractivity contribution in [3.05, 3.63) is 0 Å². The molecule has 0 atom stereocenters. The van der Waals surface area contributed by atoms with E-state index in [0.717, 1.165) is 0 Å². The lowest BCUT2D eigenvalue weighted by Crippen LogP contribution is -2.56. The average Bonchev–Trinajstić information content (AvgIpc) is 2.59. The van der Waals surface area contributed by atoms with E-state index < -0.39 is 71.8 Å². The molecule has 0 bridgehead atoms. The highest BCUT2D eigenvalue weighted by atomic mass is 16.6. The molecule has 0 saturated heterocycles. The number of carboxylic acid groups (broad SMARTS) is 1. The van der Waals surface area contributed by atoms with Gasteiger partial charge < -0.3 is 24.1 Å². The van der Waals surface area contributed by atoms with Crippen LogP contribution < -0.4 is 10.9 Å². The third kappa shape index (κ3) is 16.3. The molecule has 0 aliphatic heterocycles. The molecular weight excluding hydrogens is 504 g/mol. The van der Waals surface area contributed by atoms with Gasteiger partial charge in [-0.1, -0.05) is 0 Å². The molecule has 0 unspecified atom stereocenters. The van der Waals surface area contributed by atoms with E-state index in [1.807, 2.05) is 0 Å². The number of hydrogen-bond acceptors (Lipinski definition) is 9. The Labute approximate surface area is 224 Å². The van der Waals surface area contributed by atoms with Crippen LogP contribution in [-0.2, 0) is 23.7 Å². The molecule has 0 rings (SSSR count). The van der Waals surface area contributed by atoms with Crippen molar-refractivity contribution in [1.29, 1.82) is 0 Å². The van der Waals surface area contributed by atoms with Crippen LogP contribution in [0.3, 0.4) is 0 Å². The number of nitrogens with zero attached hydrogens (tertiary/aromatic N) is 2. The molecule has 0 aliphatic rings. The van der Waals surface area contributed by atoms with Gasteiger partial charge in [0.1, 0.15) is 22.4 Å². The second-order valence-corrected chi connectivity index (χ2v) is 12.4. The van der Waals surface area contributed by atoms with Crippen LogP contribution in [-0.4, -0.2) is 81.0 Å². The SMILES string of the molecule is CC(C)(C)OC(=O)NN(CC(CN(NC(=O)OC(C)(C)C)C(=O)OC(C)(C)C)C(=O)O)C(=O)OC(C)(C)C. The molecule has 0 aromatic carbocycles. The fourth-order valence-electron chi connectivity index (χ4n) is 2.44. The van der Waals surface area contributed by atoms with Crippen molar-refractivity contribution < 1.29 is 48.0 Å². The lowest BCUT2D eigenvalue weighted by atomic mass is 10.1. The van der Waals surface area contributed by atoms with Gasteiger partial charge in [-0.05, 0) is 83.1 Å². The molecule has 0 fully saturated rings. The zero-order valence-corrected chi connectivity index (χ0v) is 24.5. The van der Waals surface area contributed by atoms with E-state index in [1.165, 1.54) is 0 Å². The van der Waals surface area contributed by atoms with Crippen LogP contribution in [0.1, 0.15) is 83.1 Å². The van der Waals surface area contributed by atoms with Crippen molar-refractivity contribution in [2.75, 3.05) is 13.1 Å². The summed E-state index contributed by atoms with van der Waals surface area (Å²) in [7, 11) is 0. The van der Waals surface area contributed by atoms with Crippen LogP contribution in [0.4, 0.5) is 19.2 Å². The minimum Gasteiger partial charge on any atom is -0.481 e. The first-order chi connectivity index (χ1) is 16.8. The zero-order valence-electron chi connectivity index (χ0n) is 24.5. The Morgan fingerprint density at radius 3 is 1.05 bits per heavy atom. The topological polar surface area (TPSA) is 173 Å². The van der Waals surface area contributed by atoms with Gasteiger partial charge in [0.25, 0.3) is 0 Å². The summed E-state index contributed by atoms with van der Waals surface area (Å²) in [5.74, 6) is -3.00. The Morgan fingerprint density at radius 1 is 0.579 bits per heavy atom. The van der Waals surface area contributed by atoms with Crippen LogP contribution in [0, 0.1) is 5.92 Å². The molecule has 0 aromatic rings. The first-order valence-corrected chi connectivity index (χ1v) is 12.0. The quantitative estimate of drug-likeness (QED) is 0.336. The zero-order chi connectivity index (χ0) is 30.3. The van der Waals surface area contributed by atoms with Crippen molar-refractivity contribution in [2.45, 2.75) is 105 Å². The molecule has 4 amide bonds. The van der Waals surface area contributed by atoms with Crippen molar-refractivity contribution in [1.82, 2.24) is 20.9 Å². The largest absolute Gasteiger partial charge is 0.481 e. The number of hydrazine groups is 2. The van der Waals surface area contributed by atoms with Gasteiger partial charge in [0.05, 0.1) is 19.0 Å². The highest BCUT2D eigenvalue weighted by Crippen LogP contribution is 2.15. The summed E-state index contributed by atoms with van der Waals surface area (Å²) in [6.07, 6.45) is -4.22. The molecule has 0 spiro atoms. The highest BCUT2D eigenvalue weighted by molar-refractivity contribution is 5.78. The lowest BCUT2D eigenvalue weighted by molar-refractivity contribution is -0.143. The van der Waals surface area contributed by atoms with Crippen LogP contribution in [0.25, 0.3) is 0 Å². The normalized spacial score (nSPS) is 12.2. The Kier molecular flexibility index (Phi) is 11.7. The Balaban J connectivity index is 6.08. The Morgan fingerprint density at radius 2 is 0.842 bits per heavy atom. The maximum Gasteiger partial charge on any atom is 0.429 e. The summed E-state index contributed by atoms with van der Waals surface area (Å²) in [4.78, 5) is 62.5. The molecule has 0 aromatic heterocycles. The summed E-state index contributed by atoms with van der Waals surface area (Å²) >= 11 is 0. The van der Waals surface area contributed by atoms with E-state index in [1.54, 1.807) is 83.1 Å². The fraction of sp³-hybridized carbons (Fsp3) is 0.792. The molecule has 0 radical (unpaired) electrons. The van der Waals surface area contributed by atoms with Crippen LogP contribution in [0.2, 0.25) is 0 Å². The number of aliphatic carboxylic acids is 1. The number of carbonyl (C=O) groups is 5. The summed E-state index contributed by atoms with van der Waals surface area (Å²) < 4.78 is 20.9. The van der Waals surface area contributed by atoms with Gasteiger partial charge in [-0.3, -0.25) is 4.79 Å². The van der Waals surface area contributed by atoms with Crippen molar-refractivity contribution in [2.24, 2.45) is 5.92 Å². The molecule has 38 heavy (non-hydrogen) atoms. The monoisotopic (exact) mass is 548 g/mol. The number of rotatable bonds is 5. The number of nitrogens with one attached hydrogen (secondary N) is 2. The lowest BCUT2D eigenvalue weighted by Gasteiger charge is -2.32. The number of hydrogen-bond donors (Lipinski definition) is 3. The first kappa shape index (κ1) is 34.6. The second kappa shape index (κ2) is 12.9. The summed E-state index contributed by atoms with van der Waals surface area (Å²) in [5, 5.41) is 11.1. The minimum absolute atomic E-state index is 0.624. The van der Waals surface area contributed by atoms with Crippen molar-refractivity contribution in [3.8, 4) is 0 Å². The van der Waals surface area contributed by atoms with Crippen LogP contribution >= 0.6 is 0 Å². The number of amides is 4. The summed E-state index contributed by atoms with van der Waals surface area (Å²) in [6, 6.07) is 0. The average molecular weight is 549 g/mol. The van der Waals surface area contributed by atoms with Gasteiger partial charge in [0, 0.05) is 0 Å².